The lowest BCUT2D eigenvalue weighted by molar-refractivity contribution is 1.25. The van der Waals surface area contributed by atoms with Crippen LogP contribution in [0.2, 0.25) is 0 Å². The molecule has 0 bridgehead atoms. The molecule has 0 aliphatic heterocycles. The highest BCUT2D eigenvalue weighted by molar-refractivity contribution is 7.84. The molecule has 0 aliphatic carbocycles. The van der Waals surface area contributed by atoms with Gasteiger partial charge in [-0.05, 0) is 17.5 Å². The molecule has 14 heavy (non-hydrogen) atoms. The second kappa shape index (κ2) is 3.93. The van der Waals surface area contributed by atoms with Crippen LogP contribution in [0.4, 0.5) is 0 Å². The average Bonchev–Trinajstić information content (AvgIpc) is 2.14. The van der Waals surface area contributed by atoms with Gasteiger partial charge in [0.15, 0.2) is 0 Å². The van der Waals surface area contributed by atoms with E-state index in [9.17, 15) is 0 Å². The first kappa shape index (κ1) is 10.6. The Labute approximate surface area is 105 Å². The Bertz CT molecular complexity index is 505. The van der Waals surface area contributed by atoms with Crippen molar-refractivity contribution in [2.75, 3.05) is 0 Å². The molecule has 4 heteroatoms. The van der Waals surface area contributed by atoms with Crippen LogP contribution in [-0.4, -0.2) is 0 Å². The fourth-order valence-corrected chi connectivity index (χ4v) is 2.80. The largest absolute Gasteiger partial charge is 0.143 e. The lowest BCUT2D eigenvalue weighted by Gasteiger charge is -2.08. The molecule has 0 atom stereocenters. The van der Waals surface area contributed by atoms with Gasteiger partial charge in [0, 0.05) is 25.0 Å². The lowest BCUT2D eigenvalue weighted by Crippen LogP contribution is -1.82. The van der Waals surface area contributed by atoms with Crippen molar-refractivity contribution in [1.82, 2.24) is 0 Å². The van der Waals surface area contributed by atoms with Crippen LogP contribution < -0.4 is 0 Å². The van der Waals surface area contributed by atoms with E-state index in [0.717, 1.165) is 30.4 Å². The fraction of sp³-hybridized carbons (Fsp3) is 0. The molecule has 2 rings (SSSR count). The van der Waals surface area contributed by atoms with Gasteiger partial charge in [-0.1, -0.05) is 12.1 Å². The van der Waals surface area contributed by atoms with Crippen LogP contribution in [0.15, 0.2) is 43.8 Å². The van der Waals surface area contributed by atoms with Crippen LogP contribution in [-0.2, 0) is 0 Å². The van der Waals surface area contributed by atoms with Crippen LogP contribution in [0.1, 0.15) is 0 Å². The van der Waals surface area contributed by atoms with E-state index in [1.54, 1.807) is 0 Å². The average molecular weight is 256 g/mol. The molecule has 0 heterocycles. The van der Waals surface area contributed by atoms with Gasteiger partial charge in [0.25, 0.3) is 0 Å². The van der Waals surface area contributed by atoms with E-state index in [1.165, 1.54) is 0 Å². The Kier molecular flexibility index (Phi) is 2.98. The molecule has 0 saturated heterocycles. The SMILES string of the molecule is Sc1cc(S)c2c(S)cccc2c1S. The Balaban J connectivity index is 3.02. The molecular weight excluding hydrogens is 248 g/mol. The monoisotopic (exact) mass is 256 g/mol. The maximum absolute atomic E-state index is 4.41. The van der Waals surface area contributed by atoms with Crippen molar-refractivity contribution < 1.29 is 0 Å². The topological polar surface area (TPSA) is 0 Å². The van der Waals surface area contributed by atoms with Crippen molar-refractivity contribution in [3.05, 3.63) is 24.3 Å². The zero-order valence-electron chi connectivity index (χ0n) is 7.10. The van der Waals surface area contributed by atoms with Gasteiger partial charge in [0.2, 0.25) is 0 Å². The van der Waals surface area contributed by atoms with Crippen molar-refractivity contribution in [3.63, 3.8) is 0 Å². The van der Waals surface area contributed by atoms with Crippen molar-refractivity contribution in [2.24, 2.45) is 0 Å². The summed E-state index contributed by atoms with van der Waals surface area (Å²) in [5.74, 6) is 0. The molecule has 0 amide bonds. The summed E-state index contributed by atoms with van der Waals surface area (Å²) in [6, 6.07) is 7.77. The van der Waals surface area contributed by atoms with Crippen molar-refractivity contribution in [1.29, 1.82) is 0 Å². The summed E-state index contributed by atoms with van der Waals surface area (Å²) in [6.45, 7) is 0. The summed E-state index contributed by atoms with van der Waals surface area (Å²) in [6.07, 6.45) is 0. The predicted octanol–water partition coefficient (Wildman–Crippen LogP) is 3.99. The molecule has 0 nitrogen and oxygen atoms in total. The molecule has 2 aromatic carbocycles. The van der Waals surface area contributed by atoms with Gasteiger partial charge in [-0.15, -0.1) is 50.5 Å². The number of thiol groups is 4. The molecule has 72 valence electrons. The summed E-state index contributed by atoms with van der Waals surface area (Å²) in [7, 11) is 0. The quantitative estimate of drug-likeness (QED) is 0.503. The van der Waals surface area contributed by atoms with Crippen LogP contribution in [0, 0.1) is 0 Å². The summed E-state index contributed by atoms with van der Waals surface area (Å²) < 4.78 is 0. The summed E-state index contributed by atoms with van der Waals surface area (Å²) >= 11 is 17.5. The Morgan fingerprint density at radius 3 is 2.21 bits per heavy atom. The zero-order valence-corrected chi connectivity index (χ0v) is 10.7. The number of fused-ring (bicyclic) bond motifs is 1. The summed E-state index contributed by atoms with van der Waals surface area (Å²) in [4.78, 5) is 3.51. The molecular formula is C10H8S4. The first-order chi connectivity index (χ1) is 6.61. The summed E-state index contributed by atoms with van der Waals surface area (Å²) in [5.41, 5.74) is 0. The second-order valence-corrected chi connectivity index (χ2v) is 4.86. The van der Waals surface area contributed by atoms with Crippen molar-refractivity contribution >= 4 is 61.3 Å². The van der Waals surface area contributed by atoms with Gasteiger partial charge in [0.1, 0.15) is 0 Å². The van der Waals surface area contributed by atoms with Gasteiger partial charge >= 0.3 is 0 Å². The predicted molar refractivity (Wildman–Crippen MR) is 73.0 cm³/mol. The molecule has 0 fully saturated rings. The van der Waals surface area contributed by atoms with Crippen molar-refractivity contribution in [2.45, 2.75) is 19.6 Å². The third-order valence-corrected chi connectivity index (χ3v) is 3.81. The molecule has 0 saturated carbocycles. The van der Waals surface area contributed by atoms with Gasteiger partial charge in [-0.3, -0.25) is 0 Å². The molecule has 0 N–H and O–H groups in total. The normalized spacial score (nSPS) is 10.9. The number of benzene rings is 2. The fourth-order valence-electron chi connectivity index (χ4n) is 1.41. The highest BCUT2D eigenvalue weighted by atomic mass is 32.1. The van der Waals surface area contributed by atoms with E-state index in [2.05, 4.69) is 50.5 Å². The maximum atomic E-state index is 4.41. The van der Waals surface area contributed by atoms with Gasteiger partial charge in [-0.2, -0.15) is 0 Å². The van der Waals surface area contributed by atoms with E-state index in [-0.39, 0.29) is 0 Å². The van der Waals surface area contributed by atoms with Crippen LogP contribution in [0.5, 0.6) is 0 Å². The highest BCUT2D eigenvalue weighted by Gasteiger charge is 2.07. The highest BCUT2D eigenvalue weighted by Crippen LogP contribution is 2.35. The first-order valence-electron chi connectivity index (χ1n) is 3.97. The minimum absolute atomic E-state index is 0.838. The molecule has 2 aromatic rings. The Hall–Kier alpha value is 0.1000. The molecule has 0 unspecified atom stereocenters. The van der Waals surface area contributed by atoms with E-state index >= 15 is 0 Å². The van der Waals surface area contributed by atoms with Crippen LogP contribution >= 0.6 is 50.5 Å². The maximum Gasteiger partial charge on any atom is 0.0254 e. The Morgan fingerprint density at radius 1 is 0.786 bits per heavy atom. The third kappa shape index (κ3) is 1.65. The van der Waals surface area contributed by atoms with Gasteiger partial charge < -0.3 is 0 Å². The smallest absolute Gasteiger partial charge is 0.0254 e. The molecule has 0 radical (unpaired) electrons. The minimum Gasteiger partial charge on any atom is -0.143 e. The van der Waals surface area contributed by atoms with Gasteiger partial charge in [-0.25, -0.2) is 0 Å². The van der Waals surface area contributed by atoms with E-state index < -0.39 is 0 Å². The number of rotatable bonds is 0. The van der Waals surface area contributed by atoms with E-state index in [0.29, 0.717) is 0 Å². The third-order valence-electron chi connectivity index (χ3n) is 2.07. The molecule has 0 aliphatic rings. The second-order valence-electron chi connectivity index (χ2n) is 2.96. The van der Waals surface area contributed by atoms with Crippen molar-refractivity contribution in [3.8, 4) is 0 Å². The van der Waals surface area contributed by atoms with Crippen LogP contribution in [0.3, 0.4) is 0 Å². The van der Waals surface area contributed by atoms with E-state index in [1.807, 2.05) is 24.3 Å². The summed E-state index contributed by atoms with van der Waals surface area (Å²) in [5, 5.41) is 2.07. The van der Waals surface area contributed by atoms with E-state index in [4.69, 9.17) is 0 Å². The van der Waals surface area contributed by atoms with Crippen LogP contribution in [0.25, 0.3) is 10.8 Å². The van der Waals surface area contributed by atoms with Gasteiger partial charge in [0.05, 0.1) is 0 Å². The zero-order chi connectivity index (χ0) is 10.3. The Morgan fingerprint density at radius 2 is 1.50 bits per heavy atom. The number of hydrogen-bond donors (Lipinski definition) is 4. The first-order valence-corrected chi connectivity index (χ1v) is 5.75. The molecule has 0 aromatic heterocycles. The number of hydrogen-bond acceptors (Lipinski definition) is 4. The standard InChI is InChI=1S/C10H8S4/c11-6-3-1-2-5-9(6)7(12)4-8(13)10(5)14/h1-4,11-14H. The minimum atomic E-state index is 0.838. The molecule has 0 spiro atoms. The lowest BCUT2D eigenvalue weighted by atomic mass is 10.1.